The van der Waals surface area contributed by atoms with E-state index >= 15 is 0 Å². The van der Waals surface area contributed by atoms with E-state index in [9.17, 15) is 9.90 Å². The molecular weight excluding hydrogens is 416 g/mol. The zero-order valence-corrected chi connectivity index (χ0v) is 22.0. The zero-order chi connectivity index (χ0) is 23.8. The first-order valence-electron chi connectivity index (χ1n) is 12.7. The molecule has 182 valence electrons. The number of aliphatic hydroxyl groups is 1. The van der Waals surface area contributed by atoms with E-state index in [1.807, 2.05) is 6.08 Å². The summed E-state index contributed by atoms with van der Waals surface area (Å²) >= 11 is 0. The minimum Gasteiger partial charge on any atom is -0.481 e. The van der Waals surface area contributed by atoms with Crippen LogP contribution in [0.1, 0.15) is 91.4 Å². The molecular formula is C27H46O4Si. The first kappa shape index (κ1) is 27.1. The fraction of sp³-hybridized carbons (Fsp3) is 0.778. The summed E-state index contributed by atoms with van der Waals surface area (Å²) in [5, 5.41) is 19.5. The smallest absolute Gasteiger partial charge is 0.307 e. The third kappa shape index (κ3) is 8.33. The van der Waals surface area contributed by atoms with Crippen molar-refractivity contribution in [3.63, 3.8) is 0 Å². The van der Waals surface area contributed by atoms with Gasteiger partial charge in [0.1, 0.15) is 0 Å². The Morgan fingerprint density at radius 3 is 2.56 bits per heavy atom. The Morgan fingerprint density at radius 1 is 1.25 bits per heavy atom. The number of hydrogen-bond donors (Lipinski definition) is 2. The molecule has 1 fully saturated rings. The van der Waals surface area contributed by atoms with Gasteiger partial charge in [0.25, 0.3) is 0 Å². The van der Waals surface area contributed by atoms with Crippen LogP contribution in [-0.2, 0) is 9.22 Å². The third-order valence-electron chi connectivity index (χ3n) is 7.84. The van der Waals surface area contributed by atoms with Crippen LogP contribution in [0.2, 0.25) is 18.1 Å². The molecule has 2 aliphatic rings. The molecule has 0 amide bonds. The van der Waals surface area contributed by atoms with Crippen molar-refractivity contribution in [2.75, 3.05) is 0 Å². The molecule has 4 nitrogen and oxygen atoms in total. The lowest BCUT2D eigenvalue weighted by atomic mass is 9.82. The lowest BCUT2D eigenvalue weighted by Gasteiger charge is -2.42. The van der Waals surface area contributed by atoms with E-state index < -0.39 is 14.3 Å². The van der Waals surface area contributed by atoms with Gasteiger partial charge in [-0.3, -0.25) is 4.79 Å². The number of carboxylic acids is 1. The molecule has 32 heavy (non-hydrogen) atoms. The van der Waals surface area contributed by atoms with E-state index in [0.29, 0.717) is 12.0 Å². The van der Waals surface area contributed by atoms with Gasteiger partial charge >= 0.3 is 5.97 Å². The van der Waals surface area contributed by atoms with Gasteiger partial charge in [-0.05, 0) is 81.1 Å². The second-order valence-electron chi connectivity index (χ2n) is 11.3. The predicted molar refractivity (Wildman–Crippen MR) is 134 cm³/mol. The average Bonchev–Trinajstić information content (AvgIpc) is 3.07. The van der Waals surface area contributed by atoms with Crippen molar-refractivity contribution < 1.29 is 19.4 Å². The van der Waals surface area contributed by atoms with Crippen LogP contribution in [0.5, 0.6) is 0 Å². The van der Waals surface area contributed by atoms with Crippen LogP contribution < -0.4 is 0 Å². The van der Waals surface area contributed by atoms with Crippen molar-refractivity contribution >= 4 is 14.3 Å². The van der Waals surface area contributed by atoms with Crippen molar-refractivity contribution in [3.05, 3.63) is 29.5 Å². The molecule has 0 bridgehead atoms. The maximum absolute atomic E-state index is 10.6. The Hall–Kier alpha value is -1.13. The standard InChI is InChI=1S/C27H46O4Si/c1-27(2,3)32(4,5)31-25(22-13-9-8-10-14-22)20-18-21-17-19-24(28)23(21)15-11-6-7-12-16-26(29)30/h6,12,17,22-25,28H,8-11,13-16,18-20H2,1-5H3,(H,29,30)/t7?,23-,24+,25?/m1/s1. The van der Waals surface area contributed by atoms with Crippen LogP contribution in [0.4, 0.5) is 0 Å². The normalized spacial score (nSPS) is 23.4. The summed E-state index contributed by atoms with van der Waals surface area (Å²) in [5.41, 5.74) is 4.35. The number of carbonyl (C=O) groups is 1. The fourth-order valence-electron chi connectivity index (χ4n) is 4.84. The average molecular weight is 463 g/mol. The number of aliphatic hydroxyl groups excluding tert-OH is 1. The monoisotopic (exact) mass is 462 g/mol. The molecule has 0 radical (unpaired) electrons. The van der Waals surface area contributed by atoms with Gasteiger partial charge in [0.15, 0.2) is 8.32 Å². The van der Waals surface area contributed by atoms with E-state index in [1.54, 1.807) is 6.08 Å². The van der Waals surface area contributed by atoms with Gasteiger partial charge in [-0.1, -0.05) is 51.7 Å². The van der Waals surface area contributed by atoms with Crippen LogP contribution in [0.3, 0.4) is 0 Å². The van der Waals surface area contributed by atoms with Crippen molar-refractivity contribution in [1.29, 1.82) is 0 Å². The fourth-order valence-corrected chi connectivity index (χ4v) is 6.26. The van der Waals surface area contributed by atoms with Crippen LogP contribution >= 0.6 is 0 Å². The van der Waals surface area contributed by atoms with Gasteiger partial charge < -0.3 is 14.6 Å². The predicted octanol–water partition coefficient (Wildman–Crippen LogP) is 7.01. The topological polar surface area (TPSA) is 66.8 Å². The molecule has 0 spiro atoms. The molecule has 5 heteroatoms. The quantitative estimate of drug-likeness (QED) is 0.197. The molecule has 0 aliphatic heterocycles. The highest BCUT2D eigenvalue weighted by Gasteiger charge is 2.41. The Bertz CT molecular complexity index is 691. The van der Waals surface area contributed by atoms with Gasteiger partial charge in [0.2, 0.25) is 0 Å². The van der Waals surface area contributed by atoms with E-state index in [2.05, 4.69) is 45.7 Å². The van der Waals surface area contributed by atoms with Crippen LogP contribution in [0.25, 0.3) is 0 Å². The Kier molecular flexibility index (Phi) is 10.5. The largest absolute Gasteiger partial charge is 0.481 e. The van der Waals surface area contributed by atoms with Gasteiger partial charge in [-0.15, -0.1) is 5.73 Å². The summed E-state index contributed by atoms with van der Waals surface area (Å²) in [4.78, 5) is 10.6. The number of carboxylic acid groups (broad SMARTS) is 1. The van der Waals surface area contributed by atoms with Crippen LogP contribution in [0, 0.1) is 11.8 Å². The lowest BCUT2D eigenvalue weighted by Crippen LogP contribution is -2.46. The molecule has 0 aromatic heterocycles. The summed E-state index contributed by atoms with van der Waals surface area (Å²) in [6.07, 6.45) is 16.8. The summed E-state index contributed by atoms with van der Waals surface area (Å²) < 4.78 is 6.99. The maximum Gasteiger partial charge on any atom is 0.307 e. The van der Waals surface area contributed by atoms with E-state index in [4.69, 9.17) is 9.53 Å². The summed E-state index contributed by atoms with van der Waals surface area (Å²) in [6, 6.07) is 0. The maximum atomic E-state index is 10.6. The Balaban J connectivity index is 1.98. The molecule has 0 aromatic rings. The molecule has 2 rings (SSSR count). The van der Waals surface area contributed by atoms with Crippen molar-refractivity contribution in [1.82, 2.24) is 0 Å². The molecule has 1 unspecified atom stereocenters. The summed E-state index contributed by atoms with van der Waals surface area (Å²) in [7, 11) is -1.83. The second-order valence-corrected chi connectivity index (χ2v) is 16.0. The molecule has 3 atom stereocenters. The van der Waals surface area contributed by atoms with Crippen LogP contribution in [-0.4, -0.2) is 36.7 Å². The highest BCUT2D eigenvalue weighted by atomic mass is 28.4. The summed E-state index contributed by atoms with van der Waals surface area (Å²) in [5.74, 6) is 0.0349. The number of rotatable bonds is 11. The highest BCUT2D eigenvalue weighted by molar-refractivity contribution is 6.74. The van der Waals surface area contributed by atoms with Gasteiger partial charge in [0.05, 0.1) is 12.5 Å². The first-order chi connectivity index (χ1) is 15.0. The Morgan fingerprint density at radius 2 is 1.94 bits per heavy atom. The van der Waals surface area contributed by atoms with Gasteiger partial charge in [-0.2, -0.15) is 0 Å². The van der Waals surface area contributed by atoms with E-state index in [1.165, 1.54) is 37.7 Å². The van der Waals surface area contributed by atoms with Gasteiger partial charge in [0, 0.05) is 12.0 Å². The van der Waals surface area contributed by atoms with Gasteiger partial charge in [-0.25, -0.2) is 0 Å². The third-order valence-corrected chi connectivity index (χ3v) is 12.3. The molecule has 1 saturated carbocycles. The zero-order valence-electron chi connectivity index (χ0n) is 21.0. The number of hydrogen-bond acceptors (Lipinski definition) is 3. The summed E-state index contributed by atoms with van der Waals surface area (Å²) in [6.45, 7) is 11.7. The second kappa shape index (κ2) is 12.4. The van der Waals surface area contributed by atoms with E-state index in [0.717, 1.165) is 32.1 Å². The lowest BCUT2D eigenvalue weighted by molar-refractivity contribution is -0.136. The van der Waals surface area contributed by atoms with E-state index in [-0.39, 0.29) is 23.5 Å². The molecule has 2 N–H and O–H groups in total. The molecule has 0 aromatic carbocycles. The van der Waals surface area contributed by atoms with Crippen LogP contribution in [0.15, 0.2) is 29.5 Å². The minimum atomic E-state index is -1.83. The number of aliphatic carboxylic acids is 1. The van der Waals surface area contributed by atoms with Crippen molar-refractivity contribution in [2.45, 2.75) is 122 Å². The minimum absolute atomic E-state index is 0.00445. The first-order valence-corrected chi connectivity index (χ1v) is 15.6. The molecule has 0 saturated heterocycles. The van der Waals surface area contributed by atoms with Crippen molar-refractivity contribution in [2.24, 2.45) is 11.8 Å². The molecule has 0 heterocycles. The Labute approximate surface area is 197 Å². The highest BCUT2D eigenvalue weighted by Crippen LogP contribution is 2.42. The SMILES string of the molecule is CC(C)(C)[Si](C)(C)OC(CCC1=CC[C@H](O)[C@@H]1CCC=C=CCC(=O)O)C1CCCCC1. The van der Waals surface area contributed by atoms with Crippen molar-refractivity contribution in [3.8, 4) is 0 Å². The molecule has 2 aliphatic carbocycles.